The number of oxime groups is 1. The van der Waals surface area contributed by atoms with Gasteiger partial charge in [0.1, 0.15) is 0 Å². The summed E-state index contributed by atoms with van der Waals surface area (Å²) in [6.07, 6.45) is 1.12. The van der Waals surface area contributed by atoms with Gasteiger partial charge in [0.2, 0.25) is 0 Å². The molecule has 0 N–H and O–H groups in total. The van der Waals surface area contributed by atoms with Gasteiger partial charge in [-0.25, -0.2) is 4.79 Å². The highest BCUT2D eigenvalue weighted by Crippen LogP contribution is 2.15. The number of nitro groups is 1. The van der Waals surface area contributed by atoms with E-state index >= 15 is 0 Å². The van der Waals surface area contributed by atoms with E-state index in [-0.39, 0.29) is 11.3 Å². The Hall–Kier alpha value is -2.24. The maximum Gasteiger partial charge on any atom is 0.331 e. The van der Waals surface area contributed by atoms with E-state index in [1.54, 1.807) is 12.1 Å². The van der Waals surface area contributed by atoms with E-state index in [0.717, 1.165) is 6.21 Å². The second-order valence-corrected chi connectivity index (χ2v) is 2.63. The lowest BCUT2D eigenvalue weighted by molar-refractivity contribution is -0.385. The van der Waals surface area contributed by atoms with E-state index in [4.69, 9.17) is 0 Å². The third-order valence-electron chi connectivity index (χ3n) is 1.51. The molecule has 0 bridgehead atoms. The molecule has 78 valence electrons. The lowest BCUT2D eigenvalue weighted by Crippen LogP contribution is -1.96. The predicted molar refractivity (Wildman–Crippen MR) is 52.5 cm³/mol. The monoisotopic (exact) mass is 208 g/mol. The fourth-order valence-corrected chi connectivity index (χ4v) is 0.920. The zero-order chi connectivity index (χ0) is 11.3. The molecule has 0 heterocycles. The number of carbonyl (C=O) groups is 1. The zero-order valence-electron chi connectivity index (χ0n) is 7.91. The fraction of sp³-hybridized carbons (Fsp3) is 0.111. The second-order valence-electron chi connectivity index (χ2n) is 2.63. The SMILES string of the molecule is CC(=O)O/N=C/c1ccccc1[N+](=O)[O-]. The van der Waals surface area contributed by atoms with E-state index in [0.29, 0.717) is 0 Å². The van der Waals surface area contributed by atoms with Crippen molar-refractivity contribution in [1.29, 1.82) is 0 Å². The van der Waals surface area contributed by atoms with Crippen molar-refractivity contribution in [1.82, 2.24) is 0 Å². The largest absolute Gasteiger partial charge is 0.331 e. The van der Waals surface area contributed by atoms with Crippen LogP contribution in [-0.4, -0.2) is 17.1 Å². The van der Waals surface area contributed by atoms with Gasteiger partial charge in [0.15, 0.2) is 0 Å². The number of benzene rings is 1. The molecule has 0 fully saturated rings. The number of carbonyl (C=O) groups excluding carboxylic acids is 1. The molecule has 0 saturated carbocycles. The highest BCUT2D eigenvalue weighted by molar-refractivity contribution is 5.85. The van der Waals surface area contributed by atoms with Crippen molar-refractivity contribution in [2.45, 2.75) is 6.92 Å². The molecule has 1 aromatic rings. The molecular formula is C9H8N2O4. The van der Waals surface area contributed by atoms with E-state index in [1.807, 2.05) is 0 Å². The molecule has 0 saturated heterocycles. The molecule has 0 spiro atoms. The molecule has 0 aromatic heterocycles. The normalized spacial score (nSPS) is 10.2. The topological polar surface area (TPSA) is 81.8 Å². The van der Waals surface area contributed by atoms with Crippen LogP contribution in [0.5, 0.6) is 0 Å². The Morgan fingerprint density at radius 1 is 1.53 bits per heavy atom. The van der Waals surface area contributed by atoms with Crippen molar-refractivity contribution in [2.75, 3.05) is 0 Å². The Morgan fingerprint density at radius 2 is 2.20 bits per heavy atom. The van der Waals surface area contributed by atoms with Gasteiger partial charge in [0.25, 0.3) is 5.69 Å². The van der Waals surface area contributed by atoms with Crippen LogP contribution in [0.2, 0.25) is 0 Å². The Balaban J connectivity index is 2.89. The van der Waals surface area contributed by atoms with Crippen molar-refractivity contribution in [3.63, 3.8) is 0 Å². The third kappa shape index (κ3) is 3.18. The average Bonchev–Trinajstić information content (AvgIpc) is 2.17. The number of nitrogens with zero attached hydrogens (tertiary/aromatic N) is 2. The van der Waals surface area contributed by atoms with Crippen LogP contribution in [0.4, 0.5) is 5.69 Å². The van der Waals surface area contributed by atoms with Crippen LogP contribution in [0.15, 0.2) is 29.4 Å². The van der Waals surface area contributed by atoms with Crippen LogP contribution in [0.3, 0.4) is 0 Å². The van der Waals surface area contributed by atoms with Crippen LogP contribution >= 0.6 is 0 Å². The second kappa shape index (κ2) is 4.85. The highest BCUT2D eigenvalue weighted by Gasteiger charge is 2.09. The average molecular weight is 208 g/mol. The van der Waals surface area contributed by atoms with Crippen molar-refractivity contribution in [3.8, 4) is 0 Å². The van der Waals surface area contributed by atoms with Crippen LogP contribution in [0, 0.1) is 10.1 Å². The van der Waals surface area contributed by atoms with E-state index < -0.39 is 10.9 Å². The van der Waals surface area contributed by atoms with E-state index in [2.05, 4.69) is 9.99 Å². The van der Waals surface area contributed by atoms with Crippen LogP contribution in [0.1, 0.15) is 12.5 Å². The van der Waals surface area contributed by atoms with Crippen molar-refractivity contribution in [3.05, 3.63) is 39.9 Å². The van der Waals surface area contributed by atoms with E-state index in [1.165, 1.54) is 19.1 Å². The van der Waals surface area contributed by atoms with Gasteiger partial charge in [-0.3, -0.25) is 10.1 Å². The molecule has 6 heteroatoms. The summed E-state index contributed by atoms with van der Waals surface area (Å²) >= 11 is 0. The van der Waals surface area contributed by atoms with Crippen molar-refractivity contribution >= 4 is 17.9 Å². The van der Waals surface area contributed by atoms with Gasteiger partial charge in [0.05, 0.1) is 16.7 Å². The van der Waals surface area contributed by atoms with Crippen LogP contribution in [-0.2, 0) is 9.63 Å². The summed E-state index contributed by atoms with van der Waals surface area (Å²) in [6, 6.07) is 6.02. The third-order valence-corrected chi connectivity index (χ3v) is 1.51. The first-order chi connectivity index (χ1) is 7.11. The fourth-order valence-electron chi connectivity index (χ4n) is 0.920. The number of rotatable bonds is 3. The number of hydrogen-bond donors (Lipinski definition) is 0. The molecular weight excluding hydrogens is 200 g/mol. The molecule has 1 rings (SSSR count). The first-order valence-electron chi connectivity index (χ1n) is 4.05. The molecule has 15 heavy (non-hydrogen) atoms. The number of nitro benzene ring substituents is 1. The summed E-state index contributed by atoms with van der Waals surface area (Å²) in [5, 5.41) is 13.9. The lowest BCUT2D eigenvalue weighted by atomic mass is 10.2. The Morgan fingerprint density at radius 3 is 2.80 bits per heavy atom. The van der Waals surface area contributed by atoms with Gasteiger partial charge in [-0.05, 0) is 6.07 Å². The molecule has 0 aliphatic rings. The summed E-state index contributed by atoms with van der Waals surface area (Å²) in [5.41, 5.74) is 0.192. The zero-order valence-corrected chi connectivity index (χ0v) is 7.91. The van der Waals surface area contributed by atoms with Crippen LogP contribution in [0.25, 0.3) is 0 Å². The van der Waals surface area contributed by atoms with Gasteiger partial charge in [-0.2, -0.15) is 0 Å². The molecule has 0 aliphatic carbocycles. The molecule has 1 aromatic carbocycles. The Bertz CT molecular complexity index is 414. The maximum atomic E-state index is 10.6. The Kier molecular flexibility index (Phi) is 3.50. The summed E-state index contributed by atoms with van der Waals surface area (Å²) in [4.78, 5) is 24.7. The van der Waals surface area contributed by atoms with Gasteiger partial charge in [0, 0.05) is 13.0 Å². The van der Waals surface area contributed by atoms with Gasteiger partial charge in [-0.15, -0.1) is 0 Å². The quantitative estimate of drug-likeness (QED) is 0.326. The molecule has 0 amide bonds. The molecule has 0 aliphatic heterocycles. The molecule has 6 nitrogen and oxygen atoms in total. The number of hydrogen-bond acceptors (Lipinski definition) is 5. The maximum absolute atomic E-state index is 10.6. The summed E-state index contributed by atoms with van der Waals surface area (Å²) < 4.78 is 0. The standard InChI is InChI=1S/C9H8N2O4/c1-7(12)15-10-6-8-4-2-3-5-9(8)11(13)14/h2-6H,1H3/b10-6+. The summed E-state index contributed by atoms with van der Waals surface area (Å²) in [7, 11) is 0. The van der Waals surface area contributed by atoms with Crippen molar-refractivity contribution < 1.29 is 14.6 Å². The first kappa shape index (κ1) is 10.8. The van der Waals surface area contributed by atoms with Gasteiger partial charge < -0.3 is 4.84 Å². The van der Waals surface area contributed by atoms with Crippen LogP contribution < -0.4 is 0 Å². The summed E-state index contributed by atoms with van der Waals surface area (Å²) in [6.45, 7) is 1.19. The molecule has 0 radical (unpaired) electrons. The molecule has 0 atom stereocenters. The highest BCUT2D eigenvalue weighted by atomic mass is 16.7. The van der Waals surface area contributed by atoms with E-state index in [9.17, 15) is 14.9 Å². The van der Waals surface area contributed by atoms with Gasteiger partial charge >= 0.3 is 5.97 Å². The minimum atomic E-state index is -0.579. The summed E-state index contributed by atoms with van der Waals surface area (Å²) in [5.74, 6) is -0.579. The molecule has 0 unspecified atom stereocenters. The Labute approximate surface area is 85.3 Å². The predicted octanol–water partition coefficient (Wildman–Crippen LogP) is 1.49. The smallest absolute Gasteiger partial charge is 0.319 e. The van der Waals surface area contributed by atoms with Gasteiger partial charge in [-0.1, -0.05) is 17.3 Å². The minimum Gasteiger partial charge on any atom is -0.319 e. The first-order valence-corrected chi connectivity index (χ1v) is 4.05. The van der Waals surface area contributed by atoms with Crippen molar-refractivity contribution in [2.24, 2.45) is 5.16 Å². The number of para-hydroxylation sites is 1. The minimum absolute atomic E-state index is 0.0894. The lowest BCUT2D eigenvalue weighted by Gasteiger charge is -1.95.